The third kappa shape index (κ3) is 2.25. The van der Waals surface area contributed by atoms with Crippen molar-refractivity contribution in [3.05, 3.63) is 0 Å². The smallest absolute Gasteiger partial charge is 0.0499 e. The molecule has 2 N–H and O–H groups in total. The van der Waals surface area contributed by atoms with E-state index in [0.717, 1.165) is 49.1 Å². The van der Waals surface area contributed by atoms with Gasteiger partial charge in [0, 0.05) is 24.6 Å². The predicted molar refractivity (Wildman–Crippen MR) is 78.9 cm³/mol. The number of hydrogen-bond acceptors (Lipinski definition) is 2. The Labute approximate surface area is 118 Å². The highest BCUT2D eigenvalue weighted by Gasteiger charge is 2.53. The molecule has 0 amide bonds. The van der Waals surface area contributed by atoms with E-state index in [1.54, 1.807) is 0 Å². The van der Waals surface area contributed by atoms with Gasteiger partial charge in [0.15, 0.2) is 0 Å². The second kappa shape index (κ2) is 5.37. The number of rotatable bonds is 6. The van der Waals surface area contributed by atoms with Crippen molar-refractivity contribution >= 4 is 0 Å². The molecule has 0 radical (unpaired) electrons. The lowest BCUT2D eigenvalue weighted by atomic mass is 9.78. The quantitative estimate of drug-likeness (QED) is 0.773. The van der Waals surface area contributed by atoms with Gasteiger partial charge < -0.3 is 10.4 Å². The molecule has 2 bridgehead atoms. The highest BCUT2D eigenvalue weighted by Crippen LogP contribution is 2.58. The van der Waals surface area contributed by atoms with Crippen molar-refractivity contribution in [2.24, 2.45) is 29.1 Å². The van der Waals surface area contributed by atoms with Crippen LogP contribution in [0.3, 0.4) is 0 Å². The van der Waals surface area contributed by atoms with Gasteiger partial charge in [-0.1, -0.05) is 20.3 Å². The lowest BCUT2D eigenvalue weighted by Crippen LogP contribution is -2.45. The first-order valence-corrected chi connectivity index (χ1v) is 8.57. The van der Waals surface area contributed by atoms with Crippen LogP contribution in [0.5, 0.6) is 0 Å². The molecule has 5 atom stereocenters. The van der Waals surface area contributed by atoms with E-state index in [9.17, 15) is 5.11 Å². The summed E-state index contributed by atoms with van der Waals surface area (Å²) in [6.45, 7) is 5.78. The maximum Gasteiger partial charge on any atom is 0.0499 e. The highest BCUT2D eigenvalue weighted by atomic mass is 16.3. The van der Waals surface area contributed by atoms with Gasteiger partial charge >= 0.3 is 0 Å². The van der Waals surface area contributed by atoms with Crippen LogP contribution in [-0.4, -0.2) is 24.3 Å². The van der Waals surface area contributed by atoms with Crippen LogP contribution in [0.4, 0.5) is 0 Å². The van der Waals surface area contributed by atoms with E-state index in [4.69, 9.17) is 0 Å². The summed E-state index contributed by atoms with van der Waals surface area (Å²) < 4.78 is 0. The molecule has 3 fully saturated rings. The first kappa shape index (κ1) is 13.9. The molecule has 0 aromatic rings. The van der Waals surface area contributed by atoms with Gasteiger partial charge in [-0.25, -0.2) is 0 Å². The van der Waals surface area contributed by atoms with Crippen molar-refractivity contribution in [1.82, 2.24) is 5.32 Å². The number of nitrogens with one attached hydrogen (secondary N) is 1. The normalized spacial score (nSPS) is 40.9. The van der Waals surface area contributed by atoms with Crippen molar-refractivity contribution in [3.8, 4) is 0 Å². The fraction of sp³-hybridized carbons (Fsp3) is 1.00. The molecule has 19 heavy (non-hydrogen) atoms. The molecule has 110 valence electrons. The maximum atomic E-state index is 9.69. The number of hydrogen-bond donors (Lipinski definition) is 2. The van der Waals surface area contributed by atoms with Gasteiger partial charge in [-0.2, -0.15) is 0 Å². The van der Waals surface area contributed by atoms with E-state index in [0.29, 0.717) is 6.61 Å². The lowest BCUT2D eigenvalue weighted by molar-refractivity contribution is 0.100. The molecule has 0 aromatic carbocycles. The molecule has 2 heteroatoms. The molecule has 3 aliphatic carbocycles. The molecule has 3 rings (SSSR count). The largest absolute Gasteiger partial charge is 0.396 e. The first-order chi connectivity index (χ1) is 9.23. The van der Waals surface area contributed by atoms with Gasteiger partial charge in [0.05, 0.1) is 0 Å². The van der Waals surface area contributed by atoms with Crippen LogP contribution >= 0.6 is 0 Å². The van der Waals surface area contributed by atoms with Gasteiger partial charge in [0.1, 0.15) is 0 Å². The summed E-state index contributed by atoms with van der Waals surface area (Å²) in [4.78, 5) is 0. The number of fused-ring (bicyclic) bond motifs is 5. The third-order valence-electron chi connectivity index (χ3n) is 7.00. The average Bonchev–Trinajstić information content (AvgIpc) is 3.13. The minimum absolute atomic E-state index is 0.122. The summed E-state index contributed by atoms with van der Waals surface area (Å²) in [6.07, 6.45) is 9.58. The Morgan fingerprint density at radius 3 is 2.47 bits per heavy atom. The van der Waals surface area contributed by atoms with Crippen LogP contribution in [0.15, 0.2) is 0 Å². The fourth-order valence-electron chi connectivity index (χ4n) is 5.43. The van der Waals surface area contributed by atoms with Crippen LogP contribution < -0.4 is 5.32 Å². The van der Waals surface area contributed by atoms with Crippen LogP contribution in [0.2, 0.25) is 0 Å². The third-order valence-corrected chi connectivity index (χ3v) is 7.00. The summed E-state index contributed by atoms with van der Waals surface area (Å²) in [5, 5.41) is 13.6. The van der Waals surface area contributed by atoms with E-state index in [1.165, 1.54) is 32.1 Å². The summed E-state index contributed by atoms with van der Waals surface area (Å²) >= 11 is 0. The van der Waals surface area contributed by atoms with Crippen molar-refractivity contribution in [2.45, 2.75) is 64.8 Å². The maximum absolute atomic E-state index is 9.69. The predicted octanol–water partition coefficient (Wildman–Crippen LogP) is 3.20. The minimum Gasteiger partial charge on any atom is -0.396 e. The zero-order chi connectivity index (χ0) is 13.5. The summed E-state index contributed by atoms with van der Waals surface area (Å²) in [5.74, 6) is 4.12. The first-order valence-electron chi connectivity index (χ1n) is 8.57. The van der Waals surface area contributed by atoms with Crippen molar-refractivity contribution in [3.63, 3.8) is 0 Å². The molecule has 5 unspecified atom stereocenters. The Morgan fingerprint density at radius 2 is 1.79 bits per heavy atom. The van der Waals surface area contributed by atoms with E-state index in [1.807, 2.05) is 0 Å². The average molecular weight is 265 g/mol. The molecular formula is C17H31NO. The monoisotopic (exact) mass is 265 g/mol. The molecule has 0 spiro atoms. The SMILES string of the molecule is CCC(CC)(CO)CNC1CC2CC1C1CCCC21. The van der Waals surface area contributed by atoms with Crippen LogP contribution in [0, 0.1) is 29.1 Å². The molecule has 2 nitrogen and oxygen atoms in total. The van der Waals surface area contributed by atoms with Crippen LogP contribution in [0.1, 0.15) is 58.8 Å². The summed E-state index contributed by atoms with van der Waals surface area (Å²) in [6, 6.07) is 0.758. The van der Waals surface area contributed by atoms with E-state index < -0.39 is 0 Å². The summed E-state index contributed by atoms with van der Waals surface area (Å²) in [5.41, 5.74) is 0.122. The minimum atomic E-state index is 0.122. The molecule has 0 saturated heterocycles. The van der Waals surface area contributed by atoms with Gasteiger partial charge in [0.2, 0.25) is 0 Å². The Morgan fingerprint density at radius 1 is 1.05 bits per heavy atom. The van der Waals surface area contributed by atoms with Crippen LogP contribution in [0.25, 0.3) is 0 Å². The second-order valence-corrected chi connectivity index (χ2v) is 7.51. The van der Waals surface area contributed by atoms with E-state index in [2.05, 4.69) is 19.2 Å². The van der Waals surface area contributed by atoms with Crippen LogP contribution in [-0.2, 0) is 0 Å². The van der Waals surface area contributed by atoms with Crippen molar-refractivity contribution in [2.75, 3.05) is 13.2 Å². The zero-order valence-corrected chi connectivity index (χ0v) is 12.7. The number of aliphatic hydroxyl groups excluding tert-OH is 1. The number of aliphatic hydroxyl groups is 1. The van der Waals surface area contributed by atoms with E-state index >= 15 is 0 Å². The molecule has 0 aromatic heterocycles. The van der Waals surface area contributed by atoms with Gasteiger partial charge in [-0.15, -0.1) is 0 Å². The standard InChI is InChI=1S/C17H31NO/c1-3-17(4-2,11-19)10-18-16-9-12-8-15(16)14-7-5-6-13(12)14/h12-16,18-19H,3-11H2,1-2H3. The Balaban J connectivity index is 1.57. The summed E-state index contributed by atoms with van der Waals surface area (Å²) in [7, 11) is 0. The Hall–Kier alpha value is -0.0800. The molecule has 0 heterocycles. The Kier molecular flexibility index (Phi) is 3.92. The topological polar surface area (TPSA) is 32.3 Å². The molecule has 3 saturated carbocycles. The van der Waals surface area contributed by atoms with Crippen molar-refractivity contribution in [1.29, 1.82) is 0 Å². The molecular weight excluding hydrogens is 234 g/mol. The zero-order valence-electron chi connectivity index (χ0n) is 12.7. The highest BCUT2D eigenvalue weighted by molar-refractivity contribution is 5.05. The van der Waals surface area contributed by atoms with Gasteiger partial charge in [-0.3, -0.25) is 0 Å². The molecule has 3 aliphatic rings. The van der Waals surface area contributed by atoms with Gasteiger partial charge in [0.25, 0.3) is 0 Å². The van der Waals surface area contributed by atoms with Gasteiger partial charge in [-0.05, 0) is 62.2 Å². The molecule has 0 aliphatic heterocycles. The fourth-order valence-corrected chi connectivity index (χ4v) is 5.43. The lowest BCUT2D eigenvalue weighted by Gasteiger charge is -2.36. The van der Waals surface area contributed by atoms with E-state index in [-0.39, 0.29) is 5.41 Å². The second-order valence-electron chi connectivity index (χ2n) is 7.51. The van der Waals surface area contributed by atoms with Crippen molar-refractivity contribution < 1.29 is 5.11 Å². The Bertz CT molecular complexity index is 304.